The van der Waals surface area contributed by atoms with E-state index in [2.05, 4.69) is 10.6 Å². The van der Waals surface area contributed by atoms with E-state index in [9.17, 15) is 9.59 Å². The topological polar surface area (TPSA) is 76.7 Å². The van der Waals surface area contributed by atoms with Crippen LogP contribution in [0.15, 0.2) is 24.3 Å². The van der Waals surface area contributed by atoms with E-state index in [1.165, 1.54) is 0 Å². The number of rotatable bonds is 6. The zero-order valence-electron chi connectivity index (χ0n) is 11.1. The first-order valence-corrected chi connectivity index (χ1v) is 6.00. The molecule has 0 aliphatic rings. The van der Waals surface area contributed by atoms with Crippen molar-refractivity contribution < 1.29 is 19.1 Å². The smallest absolute Gasteiger partial charge is 0.319 e. The maximum absolute atomic E-state index is 11.5. The molecule has 1 aromatic rings. The van der Waals surface area contributed by atoms with Gasteiger partial charge in [-0.2, -0.15) is 0 Å². The Hall–Kier alpha value is -2.24. The van der Waals surface area contributed by atoms with Gasteiger partial charge in [0.25, 0.3) is 0 Å². The first-order chi connectivity index (χ1) is 9.15. The summed E-state index contributed by atoms with van der Waals surface area (Å²) in [5.74, 6) is 0.327. The average molecular weight is 266 g/mol. The summed E-state index contributed by atoms with van der Waals surface area (Å²) in [6.45, 7) is 2.31. The van der Waals surface area contributed by atoms with E-state index in [4.69, 9.17) is 9.47 Å². The Bertz CT molecular complexity index is 434. The lowest BCUT2D eigenvalue weighted by atomic mass is 10.3. The zero-order valence-corrected chi connectivity index (χ0v) is 11.1. The van der Waals surface area contributed by atoms with Crippen LogP contribution >= 0.6 is 0 Å². The summed E-state index contributed by atoms with van der Waals surface area (Å²) in [7, 11) is 1.55. The van der Waals surface area contributed by atoms with Crippen LogP contribution in [0.3, 0.4) is 0 Å². The number of carbonyl (C=O) groups excluding carboxylic acids is 2. The lowest BCUT2D eigenvalue weighted by molar-refractivity contribution is -0.142. The molecule has 6 nitrogen and oxygen atoms in total. The van der Waals surface area contributed by atoms with Gasteiger partial charge in [-0.25, -0.2) is 4.79 Å². The Morgan fingerprint density at radius 2 is 2.11 bits per heavy atom. The first kappa shape index (κ1) is 14.8. The van der Waals surface area contributed by atoms with Crippen LogP contribution in [0, 0.1) is 0 Å². The molecule has 0 unspecified atom stereocenters. The lowest BCUT2D eigenvalue weighted by Gasteiger charge is -2.08. The fourth-order valence-electron chi connectivity index (χ4n) is 1.39. The molecule has 0 bridgehead atoms. The summed E-state index contributed by atoms with van der Waals surface area (Å²) in [6, 6.07) is 6.62. The Balaban J connectivity index is 2.32. The number of amides is 2. The molecule has 0 aromatic heterocycles. The summed E-state index contributed by atoms with van der Waals surface area (Å²) in [6.07, 6.45) is 0.152. The second-order valence-corrected chi connectivity index (χ2v) is 3.67. The zero-order chi connectivity index (χ0) is 14.1. The Morgan fingerprint density at radius 1 is 1.32 bits per heavy atom. The highest BCUT2D eigenvalue weighted by Gasteiger charge is 2.05. The minimum absolute atomic E-state index is 0.152. The Labute approximate surface area is 112 Å². The number of ether oxygens (including phenoxy) is 2. The van der Waals surface area contributed by atoms with E-state index >= 15 is 0 Å². The maximum Gasteiger partial charge on any atom is 0.319 e. The van der Waals surface area contributed by atoms with Gasteiger partial charge in [-0.05, 0) is 19.1 Å². The average Bonchev–Trinajstić information content (AvgIpc) is 2.39. The van der Waals surface area contributed by atoms with Crippen molar-refractivity contribution in [2.24, 2.45) is 0 Å². The molecule has 104 valence electrons. The van der Waals surface area contributed by atoms with Gasteiger partial charge < -0.3 is 20.1 Å². The summed E-state index contributed by atoms with van der Waals surface area (Å²) in [4.78, 5) is 22.6. The lowest BCUT2D eigenvalue weighted by Crippen LogP contribution is -2.30. The number of hydrogen-bond acceptors (Lipinski definition) is 4. The van der Waals surface area contributed by atoms with Crippen molar-refractivity contribution in [2.75, 3.05) is 25.6 Å². The number of hydrogen-bond donors (Lipinski definition) is 2. The van der Waals surface area contributed by atoms with E-state index < -0.39 is 0 Å². The molecule has 0 spiro atoms. The number of benzene rings is 1. The molecular formula is C13H18N2O4. The summed E-state index contributed by atoms with van der Waals surface area (Å²) < 4.78 is 9.79. The van der Waals surface area contributed by atoms with Gasteiger partial charge in [-0.1, -0.05) is 6.07 Å². The van der Waals surface area contributed by atoms with Gasteiger partial charge in [-0.15, -0.1) is 0 Å². The molecule has 0 aliphatic carbocycles. The van der Waals surface area contributed by atoms with Crippen LogP contribution in [0.2, 0.25) is 0 Å². The fourth-order valence-corrected chi connectivity index (χ4v) is 1.39. The molecule has 2 N–H and O–H groups in total. The second kappa shape index (κ2) is 7.97. The van der Waals surface area contributed by atoms with E-state index in [1.807, 2.05) is 0 Å². The third-order valence-corrected chi connectivity index (χ3v) is 2.25. The minimum atomic E-state index is -0.377. The molecule has 6 heteroatoms. The van der Waals surface area contributed by atoms with Crippen molar-refractivity contribution in [1.82, 2.24) is 5.32 Å². The predicted molar refractivity (Wildman–Crippen MR) is 71.3 cm³/mol. The van der Waals surface area contributed by atoms with Crippen molar-refractivity contribution in [3.05, 3.63) is 24.3 Å². The highest BCUT2D eigenvalue weighted by Crippen LogP contribution is 2.16. The van der Waals surface area contributed by atoms with Crippen LogP contribution in [-0.4, -0.2) is 32.3 Å². The fraction of sp³-hybridized carbons (Fsp3) is 0.385. The molecule has 0 heterocycles. The van der Waals surface area contributed by atoms with Gasteiger partial charge in [0.2, 0.25) is 0 Å². The van der Waals surface area contributed by atoms with Crippen molar-refractivity contribution in [3.63, 3.8) is 0 Å². The highest BCUT2D eigenvalue weighted by molar-refractivity contribution is 5.89. The molecule has 1 rings (SSSR count). The molecule has 2 amide bonds. The van der Waals surface area contributed by atoms with Crippen molar-refractivity contribution in [1.29, 1.82) is 0 Å². The third kappa shape index (κ3) is 5.76. The monoisotopic (exact) mass is 266 g/mol. The Kier molecular flexibility index (Phi) is 6.21. The molecule has 1 aromatic carbocycles. The van der Waals surface area contributed by atoms with Crippen molar-refractivity contribution >= 4 is 17.7 Å². The normalized spacial score (nSPS) is 9.58. The minimum Gasteiger partial charge on any atom is -0.497 e. The SMILES string of the molecule is CCOC(=O)CCNC(=O)Nc1cccc(OC)c1. The number of esters is 1. The van der Waals surface area contributed by atoms with Gasteiger partial charge in [-0.3, -0.25) is 4.79 Å². The van der Waals surface area contributed by atoms with Crippen LogP contribution in [0.4, 0.5) is 10.5 Å². The van der Waals surface area contributed by atoms with Crippen LogP contribution in [-0.2, 0) is 9.53 Å². The maximum atomic E-state index is 11.5. The van der Waals surface area contributed by atoms with E-state index in [0.717, 1.165) is 0 Å². The van der Waals surface area contributed by atoms with E-state index in [0.29, 0.717) is 18.0 Å². The van der Waals surface area contributed by atoms with Crippen LogP contribution in [0.1, 0.15) is 13.3 Å². The molecule has 19 heavy (non-hydrogen) atoms. The van der Waals surface area contributed by atoms with Crippen molar-refractivity contribution in [3.8, 4) is 5.75 Å². The van der Waals surface area contributed by atoms with E-state index in [1.54, 1.807) is 38.3 Å². The summed E-state index contributed by atoms with van der Waals surface area (Å²) in [5, 5.41) is 5.21. The highest BCUT2D eigenvalue weighted by atomic mass is 16.5. The molecule has 0 saturated carbocycles. The third-order valence-electron chi connectivity index (χ3n) is 2.25. The summed E-state index contributed by atoms with van der Waals surface area (Å²) in [5.41, 5.74) is 0.619. The molecule has 0 fully saturated rings. The van der Waals surface area contributed by atoms with Gasteiger partial charge in [0.1, 0.15) is 5.75 Å². The van der Waals surface area contributed by atoms with Crippen molar-refractivity contribution in [2.45, 2.75) is 13.3 Å². The van der Waals surface area contributed by atoms with Gasteiger partial charge in [0, 0.05) is 18.3 Å². The number of nitrogens with one attached hydrogen (secondary N) is 2. The van der Waals surface area contributed by atoms with Crippen LogP contribution < -0.4 is 15.4 Å². The molecule has 0 saturated heterocycles. The molecular weight excluding hydrogens is 248 g/mol. The first-order valence-electron chi connectivity index (χ1n) is 6.00. The van der Waals surface area contributed by atoms with Gasteiger partial charge >= 0.3 is 12.0 Å². The molecule has 0 radical (unpaired) electrons. The number of carbonyl (C=O) groups is 2. The predicted octanol–water partition coefficient (Wildman–Crippen LogP) is 1.77. The second-order valence-electron chi connectivity index (χ2n) is 3.67. The quantitative estimate of drug-likeness (QED) is 0.769. The standard InChI is InChI=1S/C13H18N2O4/c1-3-19-12(16)7-8-14-13(17)15-10-5-4-6-11(9-10)18-2/h4-6,9H,3,7-8H2,1-2H3,(H2,14,15,17). The largest absolute Gasteiger partial charge is 0.497 e. The summed E-state index contributed by atoms with van der Waals surface area (Å²) >= 11 is 0. The number of anilines is 1. The Morgan fingerprint density at radius 3 is 2.79 bits per heavy atom. The van der Waals surface area contributed by atoms with Gasteiger partial charge in [0.05, 0.1) is 20.1 Å². The van der Waals surface area contributed by atoms with Crippen LogP contribution in [0.5, 0.6) is 5.75 Å². The van der Waals surface area contributed by atoms with E-state index in [-0.39, 0.29) is 25.0 Å². The molecule has 0 atom stereocenters. The number of methoxy groups -OCH3 is 1. The van der Waals surface area contributed by atoms with Gasteiger partial charge in [0.15, 0.2) is 0 Å². The number of urea groups is 1. The van der Waals surface area contributed by atoms with Crippen LogP contribution in [0.25, 0.3) is 0 Å². The molecule has 0 aliphatic heterocycles.